The van der Waals surface area contributed by atoms with Crippen LogP contribution in [0.25, 0.3) is 0 Å². The molecule has 1 aromatic carbocycles. The highest BCUT2D eigenvalue weighted by molar-refractivity contribution is 6.17. The molecule has 6 heteroatoms. The molecule has 0 N–H and O–H groups in total. The molecule has 1 aromatic heterocycles. The maximum absolute atomic E-state index is 6.40. The van der Waals surface area contributed by atoms with Gasteiger partial charge in [0, 0.05) is 30.3 Å². The largest absolute Gasteiger partial charge is 0.487 e. The van der Waals surface area contributed by atoms with Crippen molar-refractivity contribution in [1.29, 1.82) is 0 Å². The summed E-state index contributed by atoms with van der Waals surface area (Å²) in [7, 11) is 0. The summed E-state index contributed by atoms with van der Waals surface area (Å²) in [6, 6.07) is 10.2. The van der Waals surface area contributed by atoms with Gasteiger partial charge in [-0.2, -0.15) is 0 Å². The molecule has 3 aliphatic rings. The van der Waals surface area contributed by atoms with Crippen LogP contribution < -0.4 is 4.74 Å². The Labute approximate surface area is 207 Å². The molecular weight excluding hydrogens is 448 g/mol. The Bertz CT molecular complexity index is 1050. The lowest BCUT2D eigenvalue weighted by Gasteiger charge is -2.33. The topological polar surface area (TPSA) is 43.8 Å². The molecule has 2 aliphatic heterocycles. The number of pyridine rings is 1. The van der Waals surface area contributed by atoms with Gasteiger partial charge in [-0.25, -0.2) is 0 Å². The average Bonchev–Trinajstić information content (AvgIpc) is 3.53. The molecule has 1 saturated heterocycles. The van der Waals surface area contributed by atoms with Gasteiger partial charge in [0.25, 0.3) is 0 Å². The van der Waals surface area contributed by atoms with Gasteiger partial charge in [-0.05, 0) is 44.0 Å². The number of nitrogens with zero attached hydrogens (tertiary/aromatic N) is 2. The second-order valence-electron chi connectivity index (χ2n) is 9.56. The van der Waals surface area contributed by atoms with Gasteiger partial charge in [0.2, 0.25) is 0 Å². The molecule has 0 radical (unpaired) electrons. The maximum Gasteiger partial charge on any atom is 0.149 e. The number of fused-ring (bicyclic) bond motifs is 1. The first-order chi connectivity index (χ1) is 16.6. The van der Waals surface area contributed by atoms with E-state index >= 15 is 0 Å². The van der Waals surface area contributed by atoms with Crippen LogP contribution in [-0.4, -0.2) is 41.7 Å². The first-order valence-corrected chi connectivity index (χ1v) is 12.8. The SMILES string of the molecule is CC1(OCCN2CCCC2)C=CC=C(C2OCc3cnc(CCl)c(OCc4ccccc4)c32)C1. The first-order valence-electron chi connectivity index (χ1n) is 12.2. The monoisotopic (exact) mass is 480 g/mol. The Hall–Kier alpha value is -2.18. The second kappa shape index (κ2) is 10.6. The van der Waals surface area contributed by atoms with Crippen LogP contribution in [0.5, 0.6) is 5.75 Å². The number of likely N-dealkylation sites (tertiary alicyclic amines) is 1. The molecule has 0 bridgehead atoms. The second-order valence-corrected chi connectivity index (χ2v) is 9.83. The van der Waals surface area contributed by atoms with Crippen molar-refractivity contribution < 1.29 is 14.2 Å². The summed E-state index contributed by atoms with van der Waals surface area (Å²) in [6.45, 7) is 7.26. The van der Waals surface area contributed by atoms with Gasteiger partial charge >= 0.3 is 0 Å². The van der Waals surface area contributed by atoms with Crippen LogP contribution in [0.2, 0.25) is 0 Å². The van der Waals surface area contributed by atoms with Gasteiger partial charge < -0.3 is 19.1 Å². The van der Waals surface area contributed by atoms with Gasteiger partial charge in [0.05, 0.1) is 30.4 Å². The van der Waals surface area contributed by atoms with Gasteiger partial charge in [0.15, 0.2) is 0 Å². The number of hydrogen-bond donors (Lipinski definition) is 0. The Morgan fingerprint density at radius 3 is 2.82 bits per heavy atom. The van der Waals surface area contributed by atoms with Gasteiger partial charge in [-0.15, -0.1) is 11.6 Å². The number of hydrogen-bond acceptors (Lipinski definition) is 5. The van der Waals surface area contributed by atoms with Crippen molar-refractivity contribution in [3.05, 3.63) is 82.7 Å². The van der Waals surface area contributed by atoms with E-state index in [1.165, 1.54) is 31.5 Å². The molecular formula is C28H33ClN2O3. The number of ether oxygens (including phenoxy) is 3. The molecule has 2 unspecified atom stereocenters. The van der Waals surface area contributed by atoms with Gasteiger partial charge in [-0.1, -0.05) is 48.6 Å². The lowest BCUT2D eigenvalue weighted by Crippen LogP contribution is -2.33. The van der Waals surface area contributed by atoms with E-state index in [9.17, 15) is 0 Å². The minimum Gasteiger partial charge on any atom is -0.487 e. The Balaban J connectivity index is 1.33. The summed E-state index contributed by atoms with van der Waals surface area (Å²) < 4.78 is 19.0. The van der Waals surface area contributed by atoms with E-state index in [1.807, 2.05) is 24.4 Å². The van der Waals surface area contributed by atoms with Crippen molar-refractivity contribution in [2.45, 2.75) is 57.0 Å². The lowest BCUT2D eigenvalue weighted by molar-refractivity contribution is -0.0103. The number of alkyl halides is 1. The fourth-order valence-corrected chi connectivity index (χ4v) is 5.30. The minimum absolute atomic E-state index is 0.183. The molecule has 0 amide bonds. The van der Waals surface area contributed by atoms with E-state index in [4.69, 9.17) is 25.8 Å². The Morgan fingerprint density at radius 2 is 2.03 bits per heavy atom. The van der Waals surface area contributed by atoms with E-state index in [-0.39, 0.29) is 11.7 Å². The average molecular weight is 481 g/mol. The van der Waals surface area contributed by atoms with Crippen molar-refractivity contribution in [2.24, 2.45) is 0 Å². The van der Waals surface area contributed by atoms with Crippen molar-refractivity contribution in [3.63, 3.8) is 0 Å². The summed E-state index contributed by atoms with van der Waals surface area (Å²) in [5, 5.41) is 0. The highest BCUT2D eigenvalue weighted by Crippen LogP contribution is 2.46. The molecule has 0 spiro atoms. The number of benzene rings is 1. The molecule has 2 atom stereocenters. The highest BCUT2D eigenvalue weighted by atomic mass is 35.5. The standard InChI is InChI=1S/C28H33ClN2O3/c1-28(34-15-14-31-12-5-6-13-31)11-7-10-22(16-28)26-25-23(20-33-26)18-30-24(17-29)27(25)32-19-21-8-3-2-4-9-21/h2-4,7-11,18,26H,5-6,12-17,19-20H2,1H3. The van der Waals surface area contributed by atoms with E-state index in [2.05, 4.69) is 47.2 Å². The number of rotatable bonds is 9. The molecule has 3 heterocycles. The van der Waals surface area contributed by atoms with Crippen LogP contribution in [-0.2, 0) is 28.6 Å². The predicted octanol–water partition coefficient (Wildman–Crippen LogP) is 5.73. The van der Waals surface area contributed by atoms with Crippen molar-refractivity contribution in [1.82, 2.24) is 9.88 Å². The third-order valence-electron chi connectivity index (χ3n) is 6.94. The zero-order chi connectivity index (χ0) is 23.4. The van der Waals surface area contributed by atoms with E-state index in [0.717, 1.165) is 47.7 Å². The fourth-order valence-electron chi connectivity index (χ4n) is 5.11. The number of allylic oxidation sites excluding steroid dienone is 2. The summed E-state index contributed by atoms with van der Waals surface area (Å²) >= 11 is 6.27. The van der Waals surface area contributed by atoms with Crippen LogP contribution in [0.15, 0.2) is 60.3 Å². The first kappa shape index (κ1) is 23.6. The normalized spacial score (nSPS) is 24.3. The summed E-state index contributed by atoms with van der Waals surface area (Å²) in [4.78, 5) is 7.05. The third kappa shape index (κ3) is 5.23. The number of halogens is 1. The predicted molar refractivity (Wildman–Crippen MR) is 134 cm³/mol. The van der Waals surface area contributed by atoms with Crippen molar-refractivity contribution in [2.75, 3.05) is 26.2 Å². The molecule has 1 fully saturated rings. The van der Waals surface area contributed by atoms with Crippen LogP contribution >= 0.6 is 11.6 Å². The van der Waals surface area contributed by atoms with Crippen LogP contribution in [0.3, 0.4) is 0 Å². The summed E-state index contributed by atoms with van der Waals surface area (Å²) in [5.74, 6) is 1.05. The van der Waals surface area contributed by atoms with Crippen LogP contribution in [0.4, 0.5) is 0 Å². The fraction of sp³-hybridized carbons (Fsp3) is 0.464. The summed E-state index contributed by atoms with van der Waals surface area (Å²) in [6.07, 6.45) is 11.5. The van der Waals surface area contributed by atoms with E-state index in [0.29, 0.717) is 19.1 Å². The molecule has 34 heavy (non-hydrogen) atoms. The lowest BCUT2D eigenvalue weighted by atomic mass is 9.86. The Morgan fingerprint density at radius 1 is 1.21 bits per heavy atom. The highest BCUT2D eigenvalue weighted by Gasteiger charge is 2.36. The van der Waals surface area contributed by atoms with E-state index in [1.54, 1.807) is 0 Å². The smallest absolute Gasteiger partial charge is 0.149 e. The van der Waals surface area contributed by atoms with Gasteiger partial charge in [-0.3, -0.25) is 4.98 Å². The zero-order valence-corrected chi connectivity index (χ0v) is 20.6. The molecule has 180 valence electrons. The Kier molecular flexibility index (Phi) is 7.35. The molecule has 5 rings (SSSR count). The quantitative estimate of drug-likeness (QED) is 0.429. The molecule has 1 aliphatic carbocycles. The number of aromatic nitrogens is 1. The van der Waals surface area contributed by atoms with Crippen molar-refractivity contribution >= 4 is 11.6 Å². The maximum atomic E-state index is 6.40. The van der Waals surface area contributed by atoms with Crippen molar-refractivity contribution in [3.8, 4) is 5.75 Å². The minimum atomic E-state index is -0.344. The molecule has 0 saturated carbocycles. The molecule has 5 nitrogen and oxygen atoms in total. The zero-order valence-electron chi connectivity index (χ0n) is 19.8. The van der Waals surface area contributed by atoms with E-state index < -0.39 is 0 Å². The van der Waals surface area contributed by atoms with Gasteiger partial charge in [0.1, 0.15) is 18.5 Å². The van der Waals surface area contributed by atoms with Crippen LogP contribution in [0.1, 0.15) is 54.7 Å². The molecule has 2 aromatic rings. The van der Waals surface area contributed by atoms with Crippen LogP contribution in [0, 0.1) is 0 Å². The summed E-state index contributed by atoms with van der Waals surface area (Å²) in [5.41, 5.74) is 4.83. The third-order valence-corrected chi connectivity index (χ3v) is 7.19.